The summed E-state index contributed by atoms with van der Waals surface area (Å²) < 4.78 is 5.97. The van der Waals surface area contributed by atoms with Crippen LogP contribution < -0.4 is 15.8 Å². The van der Waals surface area contributed by atoms with Gasteiger partial charge in [-0.15, -0.1) is 11.3 Å². The Morgan fingerprint density at radius 3 is 2.84 bits per heavy atom. The number of rotatable bonds is 6. The van der Waals surface area contributed by atoms with Crippen LogP contribution in [0.5, 0.6) is 5.75 Å². The smallest absolute Gasteiger partial charge is 0.225 e. The maximum absolute atomic E-state index is 12.5. The molecule has 0 saturated carbocycles. The van der Waals surface area contributed by atoms with Crippen molar-refractivity contribution in [3.8, 4) is 5.75 Å². The summed E-state index contributed by atoms with van der Waals surface area (Å²) >= 11 is 1.63. The van der Waals surface area contributed by atoms with E-state index in [2.05, 4.69) is 15.3 Å². The minimum Gasteiger partial charge on any atom is -0.489 e. The molecule has 2 heterocycles. The highest BCUT2D eigenvalue weighted by molar-refractivity contribution is 7.19. The molecule has 9 heteroatoms. The number of aromatic nitrogens is 2. The highest BCUT2D eigenvalue weighted by Gasteiger charge is 2.30. The summed E-state index contributed by atoms with van der Waals surface area (Å²) in [5, 5.41) is 12.1. The van der Waals surface area contributed by atoms with Crippen LogP contribution in [0.4, 0.5) is 17.2 Å². The summed E-state index contributed by atoms with van der Waals surface area (Å²) in [5.74, 6) is 1.48. The van der Waals surface area contributed by atoms with E-state index < -0.39 is 0 Å². The second-order valence-electron chi connectivity index (χ2n) is 8.49. The monoisotopic (exact) mass is 452 g/mol. The molecule has 0 aliphatic heterocycles. The zero-order chi connectivity index (χ0) is 23.0. The Morgan fingerprint density at radius 2 is 2.16 bits per heavy atom. The van der Waals surface area contributed by atoms with E-state index in [9.17, 15) is 4.79 Å². The minimum atomic E-state index is -0.0359. The molecule has 32 heavy (non-hydrogen) atoms. The second kappa shape index (κ2) is 8.74. The van der Waals surface area contributed by atoms with Crippen molar-refractivity contribution in [1.29, 1.82) is 5.41 Å². The van der Waals surface area contributed by atoms with Gasteiger partial charge < -0.3 is 26.1 Å². The summed E-state index contributed by atoms with van der Waals surface area (Å²) in [6.07, 6.45) is 5.09. The van der Waals surface area contributed by atoms with E-state index in [1.165, 1.54) is 16.7 Å². The molecule has 0 fully saturated rings. The van der Waals surface area contributed by atoms with Crippen molar-refractivity contribution in [2.45, 2.75) is 39.2 Å². The fourth-order valence-electron chi connectivity index (χ4n) is 4.09. The number of hydrogen-bond donors (Lipinski definition) is 3. The maximum atomic E-state index is 12.5. The van der Waals surface area contributed by atoms with Crippen molar-refractivity contribution in [3.05, 3.63) is 34.5 Å². The molecule has 168 valence electrons. The summed E-state index contributed by atoms with van der Waals surface area (Å²) in [6, 6.07) is 3.54. The van der Waals surface area contributed by atoms with Gasteiger partial charge in [0.25, 0.3) is 0 Å². The van der Waals surface area contributed by atoms with Gasteiger partial charge in [0.2, 0.25) is 5.91 Å². The first kappa shape index (κ1) is 22.0. The molecule has 8 nitrogen and oxygen atoms in total. The molecule has 4 rings (SSSR count). The fourth-order valence-corrected chi connectivity index (χ4v) is 5.36. The first-order valence-electron chi connectivity index (χ1n) is 10.6. The Morgan fingerprint density at radius 1 is 1.38 bits per heavy atom. The Bertz CT molecular complexity index is 1190. The third-order valence-electron chi connectivity index (χ3n) is 5.59. The number of carbonyl (C=O) groups is 1. The number of nitrogens with one attached hydrogen (secondary N) is 2. The van der Waals surface area contributed by atoms with Crippen LogP contribution in [0.1, 0.15) is 36.3 Å². The SMILES string of the molecule is CC(C)Oc1cc(N)c(C=N)cc1Nc1ncnc2sc3c(c12)CCC(C(=O)N(C)C)C3. The summed E-state index contributed by atoms with van der Waals surface area (Å²) in [7, 11) is 3.62. The lowest BCUT2D eigenvalue weighted by Crippen LogP contribution is -2.32. The van der Waals surface area contributed by atoms with Gasteiger partial charge in [-0.1, -0.05) is 0 Å². The third kappa shape index (κ3) is 4.12. The number of anilines is 3. The van der Waals surface area contributed by atoms with Crippen LogP contribution in [0.25, 0.3) is 10.2 Å². The predicted octanol–water partition coefficient (Wildman–Crippen LogP) is 4.00. The molecule has 1 aromatic carbocycles. The van der Waals surface area contributed by atoms with E-state index >= 15 is 0 Å². The van der Waals surface area contributed by atoms with Crippen LogP contribution in [0.15, 0.2) is 18.5 Å². The van der Waals surface area contributed by atoms with Gasteiger partial charge in [-0.3, -0.25) is 4.79 Å². The van der Waals surface area contributed by atoms with Crippen molar-refractivity contribution in [3.63, 3.8) is 0 Å². The molecular weight excluding hydrogens is 424 g/mol. The lowest BCUT2D eigenvalue weighted by atomic mass is 9.87. The van der Waals surface area contributed by atoms with E-state index in [0.29, 0.717) is 28.5 Å². The number of amides is 1. The van der Waals surface area contributed by atoms with Crippen molar-refractivity contribution in [2.75, 3.05) is 25.1 Å². The molecule has 1 aliphatic carbocycles. The van der Waals surface area contributed by atoms with Crippen LogP contribution in [0.3, 0.4) is 0 Å². The van der Waals surface area contributed by atoms with Gasteiger partial charge in [-0.2, -0.15) is 0 Å². The van der Waals surface area contributed by atoms with Crippen molar-refractivity contribution in [1.82, 2.24) is 14.9 Å². The topological polar surface area (TPSA) is 117 Å². The normalized spacial score (nSPS) is 15.5. The van der Waals surface area contributed by atoms with Gasteiger partial charge in [0.05, 0.1) is 17.2 Å². The molecule has 1 atom stereocenters. The maximum Gasteiger partial charge on any atom is 0.225 e. The van der Waals surface area contributed by atoms with E-state index in [0.717, 1.165) is 29.5 Å². The molecule has 0 spiro atoms. The van der Waals surface area contributed by atoms with E-state index in [4.69, 9.17) is 15.9 Å². The first-order chi connectivity index (χ1) is 15.3. The second-order valence-corrected chi connectivity index (χ2v) is 9.58. The van der Waals surface area contributed by atoms with Crippen molar-refractivity contribution >= 4 is 50.9 Å². The molecule has 3 aromatic rings. The quantitative estimate of drug-likeness (QED) is 0.384. The molecule has 1 unspecified atom stereocenters. The van der Waals surface area contributed by atoms with Gasteiger partial charge in [-0.05, 0) is 44.7 Å². The van der Waals surface area contributed by atoms with Crippen molar-refractivity contribution < 1.29 is 9.53 Å². The molecular formula is C23H28N6O2S. The molecule has 0 radical (unpaired) electrons. The average Bonchev–Trinajstić information content (AvgIpc) is 3.13. The zero-order valence-corrected chi connectivity index (χ0v) is 19.5. The first-order valence-corrected chi connectivity index (χ1v) is 11.4. The Hall–Kier alpha value is -3.20. The van der Waals surface area contributed by atoms with Crippen LogP contribution in [-0.2, 0) is 17.6 Å². The van der Waals surface area contributed by atoms with Crippen LogP contribution >= 0.6 is 11.3 Å². The summed E-state index contributed by atoms with van der Waals surface area (Å²) in [6.45, 7) is 3.90. The number of fused-ring (bicyclic) bond motifs is 3. The molecule has 2 aromatic heterocycles. The van der Waals surface area contributed by atoms with Gasteiger partial charge in [0, 0.05) is 48.4 Å². The zero-order valence-electron chi connectivity index (χ0n) is 18.7. The lowest BCUT2D eigenvalue weighted by Gasteiger charge is -2.24. The van der Waals surface area contributed by atoms with Gasteiger partial charge in [0.1, 0.15) is 22.7 Å². The molecule has 0 bridgehead atoms. The van der Waals surface area contributed by atoms with Crippen LogP contribution in [0, 0.1) is 11.3 Å². The third-order valence-corrected chi connectivity index (χ3v) is 6.75. The summed E-state index contributed by atoms with van der Waals surface area (Å²) in [5.41, 5.74) is 9.08. The number of hydrogen-bond acceptors (Lipinski definition) is 8. The van der Waals surface area contributed by atoms with Gasteiger partial charge in [-0.25, -0.2) is 9.97 Å². The number of nitrogens with zero attached hydrogens (tertiary/aromatic N) is 3. The number of carbonyl (C=O) groups excluding carboxylic acids is 1. The standard InChI is InChI=1S/C23H28N6O2S/c1-12(2)31-18-9-16(25)14(10-24)7-17(18)28-21-20-15-6-5-13(23(30)29(3)4)8-19(15)32-22(20)27-11-26-21/h7,9-13,24H,5-6,8,25H2,1-4H3,(H,26,27,28). The highest BCUT2D eigenvalue weighted by Crippen LogP contribution is 2.42. The number of thiophene rings is 1. The predicted molar refractivity (Wildman–Crippen MR) is 129 cm³/mol. The number of benzene rings is 1. The molecule has 0 saturated heterocycles. The highest BCUT2D eigenvalue weighted by atomic mass is 32.1. The van der Waals surface area contributed by atoms with Gasteiger partial charge in [0.15, 0.2) is 0 Å². The Balaban J connectivity index is 1.75. The Kier molecular flexibility index (Phi) is 6.01. The number of aryl methyl sites for hydroxylation is 1. The summed E-state index contributed by atoms with van der Waals surface area (Å²) in [4.78, 5) is 25.3. The number of nitrogen functional groups attached to an aromatic ring is 1. The van der Waals surface area contributed by atoms with Crippen LogP contribution in [0.2, 0.25) is 0 Å². The number of ether oxygens (including phenoxy) is 1. The molecule has 1 aliphatic rings. The Labute approximate surface area is 191 Å². The van der Waals surface area contributed by atoms with Gasteiger partial charge >= 0.3 is 0 Å². The molecule has 4 N–H and O–H groups in total. The fraction of sp³-hybridized carbons (Fsp3) is 0.391. The molecule has 1 amide bonds. The average molecular weight is 453 g/mol. The van der Waals surface area contributed by atoms with E-state index in [1.807, 2.05) is 27.9 Å². The van der Waals surface area contributed by atoms with E-state index in [-0.39, 0.29) is 17.9 Å². The minimum absolute atomic E-state index is 0.00761. The number of nitrogens with two attached hydrogens (primary N) is 1. The lowest BCUT2D eigenvalue weighted by molar-refractivity contribution is -0.133. The van der Waals surface area contributed by atoms with Crippen molar-refractivity contribution in [2.24, 2.45) is 5.92 Å². The van der Waals surface area contributed by atoms with Crippen LogP contribution in [-0.4, -0.2) is 47.2 Å². The van der Waals surface area contributed by atoms with E-state index in [1.54, 1.807) is 34.7 Å². The largest absolute Gasteiger partial charge is 0.489 e.